The van der Waals surface area contributed by atoms with Crippen molar-refractivity contribution in [2.75, 3.05) is 19.8 Å². The topological polar surface area (TPSA) is 228 Å². The number of unbranched alkanes of at least 4 members (excludes halogenated alkanes) is 37. The van der Waals surface area contributed by atoms with E-state index in [-0.39, 0.29) is 18.9 Å². The van der Waals surface area contributed by atoms with Crippen LogP contribution in [0.15, 0.2) is 12.2 Å². The van der Waals surface area contributed by atoms with E-state index < -0.39 is 86.8 Å². The maximum absolute atomic E-state index is 13.3. The Labute approximate surface area is 450 Å². The van der Waals surface area contributed by atoms with Gasteiger partial charge in [-0.15, -0.1) is 0 Å². The van der Waals surface area contributed by atoms with Crippen molar-refractivity contribution in [1.29, 1.82) is 0 Å². The first kappa shape index (κ1) is 68.8. The van der Waals surface area contributed by atoms with E-state index in [1.165, 1.54) is 205 Å². The molecule has 14 heteroatoms. The number of hydrogen-bond donors (Lipinski definition) is 9. The molecule has 0 aliphatic carbocycles. The van der Waals surface area contributed by atoms with Crippen LogP contribution >= 0.6 is 0 Å². The third-order valence-electron chi connectivity index (χ3n) is 15.5. The van der Waals surface area contributed by atoms with E-state index in [1.54, 1.807) is 6.08 Å². The van der Waals surface area contributed by atoms with Crippen LogP contribution in [0, 0.1) is 0 Å². The molecule has 2 saturated heterocycles. The summed E-state index contributed by atoms with van der Waals surface area (Å²) in [6.45, 7) is 2.84. The van der Waals surface area contributed by atoms with E-state index in [0.29, 0.717) is 6.42 Å². The molecule has 74 heavy (non-hydrogen) atoms. The number of hydrogen-bond acceptors (Lipinski definition) is 13. The molecule has 0 aromatic rings. The molecule has 1 amide bonds. The molecule has 0 radical (unpaired) electrons. The Balaban J connectivity index is 1.74. The van der Waals surface area contributed by atoms with Crippen LogP contribution < -0.4 is 5.32 Å². The zero-order valence-corrected chi connectivity index (χ0v) is 47.1. The highest BCUT2D eigenvalue weighted by Crippen LogP contribution is 2.30. The predicted octanol–water partition coefficient (Wildman–Crippen LogP) is 10.7. The minimum absolute atomic E-state index is 0.233. The third-order valence-corrected chi connectivity index (χ3v) is 15.5. The quantitative estimate of drug-likeness (QED) is 0.0204. The molecule has 0 aromatic carbocycles. The zero-order valence-electron chi connectivity index (χ0n) is 47.1. The van der Waals surface area contributed by atoms with Crippen molar-refractivity contribution in [1.82, 2.24) is 5.32 Å². The number of nitrogens with one attached hydrogen (secondary N) is 1. The van der Waals surface area contributed by atoms with Crippen LogP contribution in [0.25, 0.3) is 0 Å². The Kier molecular flexibility index (Phi) is 43.4. The van der Waals surface area contributed by atoms with Crippen LogP contribution in [0.4, 0.5) is 0 Å². The summed E-state index contributed by atoms with van der Waals surface area (Å²) in [6.07, 6.45) is 36.8. The van der Waals surface area contributed by atoms with E-state index in [4.69, 9.17) is 18.9 Å². The lowest BCUT2D eigenvalue weighted by Crippen LogP contribution is -2.65. The van der Waals surface area contributed by atoms with E-state index in [2.05, 4.69) is 19.2 Å². The number of ether oxygens (including phenoxy) is 4. The molecule has 2 aliphatic rings. The standard InChI is InChI=1S/C60H115NO13/c1-3-5-7-9-11-13-15-17-19-21-22-23-24-25-26-28-30-32-34-36-38-40-42-44-52(65)61-48(49(64)43-41-39-37-35-33-31-29-27-20-18-16-14-12-10-8-6-4-2)47-71-59-57(70)55(68)58(51(46-63)73-59)74-60-56(69)54(67)53(66)50(45-62)72-60/h41,43,48-51,53-60,62-64,66-70H,3-40,42,44-47H2,1-2H3,(H,61,65)/b43-41+. The van der Waals surface area contributed by atoms with Gasteiger partial charge in [0.15, 0.2) is 12.6 Å². The molecule has 0 bridgehead atoms. The summed E-state index contributed by atoms with van der Waals surface area (Å²) in [7, 11) is 0. The summed E-state index contributed by atoms with van der Waals surface area (Å²) in [4.78, 5) is 13.3. The van der Waals surface area contributed by atoms with Crippen LogP contribution in [0.1, 0.15) is 271 Å². The fourth-order valence-corrected chi connectivity index (χ4v) is 10.5. The van der Waals surface area contributed by atoms with Crippen LogP contribution in [0.2, 0.25) is 0 Å². The monoisotopic (exact) mass is 1060 g/mol. The lowest BCUT2D eigenvalue weighted by molar-refractivity contribution is -0.359. The molecule has 0 saturated carbocycles. The highest BCUT2D eigenvalue weighted by atomic mass is 16.7. The van der Waals surface area contributed by atoms with E-state index in [9.17, 15) is 45.6 Å². The van der Waals surface area contributed by atoms with Gasteiger partial charge in [-0.05, 0) is 19.3 Å². The van der Waals surface area contributed by atoms with Crippen molar-refractivity contribution in [3.8, 4) is 0 Å². The van der Waals surface area contributed by atoms with Gasteiger partial charge in [-0.25, -0.2) is 0 Å². The maximum Gasteiger partial charge on any atom is 0.220 e. The molecular formula is C60H115NO13. The fraction of sp³-hybridized carbons (Fsp3) is 0.950. The second kappa shape index (κ2) is 46.6. The number of carbonyl (C=O) groups is 1. The van der Waals surface area contributed by atoms with Gasteiger partial charge in [-0.3, -0.25) is 4.79 Å². The number of aliphatic hydroxyl groups is 8. The molecule has 0 aromatic heterocycles. The average Bonchev–Trinajstić information content (AvgIpc) is 3.40. The minimum atomic E-state index is -1.79. The Hall–Kier alpha value is -1.27. The Morgan fingerprint density at radius 2 is 0.838 bits per heavy atom. The van der Waals surface area contributed by atoms with Gasteiger partial charge in [-0.2, -0.15) is 0 Å². The molecule has 2 rings (SSSR count). The second-order valence-corrected chi connectivity index (χ2v) is 22.2. The summed E-state index contributed by atoms with van der Waals surface area (Å²) in [5.74, 6) is -0.233. The Bertz CT molecular complexity index is 1290. The smallest absolute Gasteiger partial charge is 0.220 e. The van der Waals surface area contributed by atoms with Gasteiger partial charge in [0.25, 0.3) is 0 Å². The number of carbonyl (C=O) groups excluding carboxylic acids is 1. The number of aliphatic hydroxyl groups excluding tert-OH is 8. The molecule has 12 unspecified atom stereocenters. The molecule has 12 atom stereocenters. The van der Waals surface area contributed by atoms with Crippen LogP contribution in [-0.4, -0.2) is 140 Å². The molecule has 2 heterocycles. The van der Waals surface area contributed by atoms with Gasteiger partial charge in [0.1, 0.15) is 48.8 Å². The number of amides is 1. The van der Waals surface area contributed by atoms with E-state index in [0.717, 1.165) is 38.5 Å². The molecule has 2 aliphatic heterocycles. The Morgan fingerprint density at radius 3 is 1.24 bits per heavy atom. The van der Waals surface area contributed by atoms with Crippen molar-refractivity contribution >= 4 is 5.91 Å². The first-order valence-electron chi connectivity index (χ1n) is 30.9. The van der Waals surface area contributed by atoms with Gasteiger partial charge in [-0.1, -0.05) is 257 Å². The first-order chi connectivity index (χ1) is 36.1. The normalized spacial score (nSPS) is 25.2. The molecule has 14 nitrogen and oxygen atoms in total. The minimum Gasteiger partial charge on any atom is -0.394 e. The highest BCUT2D eigenvalue weighted by Gasteiger charge is 2.51. The van der Waals surface area contributed by atoms with Crippen molar-refractivity contribution in [2.24, 2.45) is 0 Å². The molecule has 0 spiro atoms. The van der Waals surface area contributed by atoms with Gasteiger partial charge in [0, 0.05) is 6.42 Å². The number of rotatable bonds is 50. The summed E-state index contributed by atoms with van der Waals surface area (Å²) in [6, 6.07) is -0.909. The third kappa shape index (κ3) is 32.0. The maximum atomic E-state index is 13.3. The van der Waals surface area contributed by atoms with Gasteiger partial charge in [0.2, 0.25) is 5.91 Å². The van der Waals surface area contributed by atoms with E-state index >= 15 is 0 Å². The molecule has 2 fully saturated rings. The summed E-state index contributed by atoms with van der Waals surface area (Å²) >= 11 is 0. The van der Waals surface area contributed by atoms with Crippen molar-refractivity contribution < 1.29 is 64.6 Å². The average molecular weight is 1060 g/mol. The summed E-state index contributed by atoms with van der Waals surface area (Å²) < 4.78 is 22.8. The predicted molar refractivity (Wildman–Crippen MR) is 295 cm³/mol. The van der Waals surface area contributed by atoms with Crippen LogP contribution in [0.3, 0.4) is 0 Å². The SMILES string of the molecule is CCCCCCCCCCCCCCCCC/C=C/C(O)C(COC1OC(CO)C(OC2OC(CO)C(O)C(O)C2O)C(O)C1O)NC(=O)CCCCCCCCCCCCCCCCCCCCCCCCC. The van der Waals surface area contributed by atoms with Crippen LogP contribution in [0.5, 0.6) is 0 Å². The van der Waals surface area contributed by atoms with Gasteiger partial charge >= 0.3 is 0 Å². The van der Waals surface area contributed by atoms with Crippen LogP contribution in [-0.2, 0) is 23.7 Å². The molecule has 9 N–H and O–H groups in total. The lowest BCUT2D eigenvalue weighted by Gasteiger charge is -2.46. The van der Waals surface area contributed by atoms with Gasteiger partial charge < -0.3 is 65.1 Å². The van der Waals surface area contributed by atoms with Gasteiger partial charge in [0.05, 0.1) is 32.0 Å². The first-order valence-corrected chi connectivity index (χ1v) is 30.9. The summed E-state index contributed by atoms with van der Waals surface area (Å²) in [5, 5.41) is 87.1. The summed E-state index contributed by atoms with van der Waals surface area (Å²) in [5.41, 5.74) is 0. The van der Waals surface area contributed by atoms with Crippen molar-refractivity contribution in [2.45, 2.75) is 344 Å². The highest BCUT2D eigenvalue weighted by molar-refractivity contribution is 5.76. The van der Waals surface area contributed by atoms with E-state index in [1.807, 2.05) is 6.08 Å². The largest absolute Gasteiger partial charge is 0.394 e. The molecule has 438 valence electrons. The number of allylic oxidation sites excluding steroid dienone is 1. The molecular weight excluding hydrogens is 943 g/mol. The second-order valence-electron chi connectivity index (χ2n) is 22.2. The van der Waals surface area contributed by atoms with Crippen molar-refractivity contribution in [3.05, 3.63) is 12.2 Å². The Morgan fingerprint density at radius 1 is 0.473 bits per heavy atom. The van der Waals surface area contributed by atoms with Crippen molar-refractivity contribution in [3.63, 3.8) is 0 Å². The zero-order chi connectivity index (χ0) is 53.9. The lowest BCUT2D eigenvalue weighted by atomic mass is 9.97. The fourth-order valence-electron chi connectivity index (χ4n) is 10.5.